The molecular formula is C48H29NO2S. The molecule has 4 heteroatoms. The van der Waals surface area contributed by atoms with Crippen molar-refractivity contribution in [1.82, 2.24) is 0 Å². The van der Waals surface area contributed by atoms with E-state index in [-0.39, 0.29) is 0 Å². The Morgan fingerprint density at radius 1 is 0.404 bits per heavy atom. The lowest BCUT2D eigenvalue weighted by atomic mass is 9.96. The van der Waals surface area contributed by atoms with E-state index < -0.39 is 0 Å². The molecule has 0 fully saturated rings. The Labute approximate surface area is 303 Å². The molecule has 0 radical (unpaired) electrons. The van der Waals surface area contributed by atoms with Crippen LogP contribution in [0.5, 0.6) is 0 Å². The van der Waals surface area contributed by atoms with E-state index >= 15 is 0 Å². The van der Waals surface area contributed by atoms with Crippen molar-refractivity contribution in [3.63, 3.8) is 0 Å². The van der Waals surface area contributed by atoms with Gasteiger partial charge in [0.15, 0.2) is 0 Å². The molecule has 0 aliphatic rings. The molecule has 244 valence electrons. The minimum absolute atomic E-state index is 0.828. The number of thiophene rings is 1. The summed E-state index contributed by atoms with van der Waals surface area (Å²) in [5, 5.41) is 6.73. The first kappa shape index (κ1) is 29.1. The first-order valence-corrected chi connectivity index (χ1v) is 18.3. The molecule has 11 rings (SSSR count). The SMILES string of the molecule is c1ccc(-c2cccc(N(c3cccc4c3sc3ccccc34)c3cccc4oc5c(-c6ccccc6)c6c(cc5c34)oc3ccccc36)c2)cc1. The Bertz CT molecular complexity index is 3130. The van der Waals surface area contributed by atoms with Gasteiger partial charge in [0.1, 0.15) is 22.3 Å². The van der Waals surface area contributed by atoms with Gasteiger partial charge >= 0.3 is 0 Å². The highest BCUT2D eigenvalue weighted by Gasteiger charge is 2.26. The summed E-state index contributed by atoms with van der Waals surface area (Å²) in [6.45, 7) is 0. The van der Waals surface area contributed by atoms with Crippen molar-refractivity contribution in [3.8, 4) is 22.3 Å². The van der Waals surface area contributed by atoms with Crippen LogP contribution in [0.15, 0.2) is 185 Å². The maximum absolute atomic E-state index is 6.99. The molecule has 0 aliphatic carbocycles. The monoisotopic (exact) mass is 683 g/mol. The molecule has 3 heterocycles. The molecule has 3 nitrogen and oxygen atoms in total. The van der Waals surface area contributed by atoms with Crippen molar-refractivity contribution in [2.75, 3.05) is 4.90 Å². The molecular weight excluding hydrogens is 655 g/mol. The Morgan fingerprint density at radius 3 is 1.92 bits per heavy atom. The van der Waals surface area contributed by atoms with Crippen molar-refractivity contribution >= 4 is 92.4 Å². The predicted octanol–water partition coefficient (Wildman–Crippen LogP) is 14.7. The Kier molecular flexibility index (Phi) is 6.42. The van der Waals surface area contributed by atoms with Crippen LogP contribution in [0.3, 0.4) is 0 Å². The number of anilines is 3. The quantitative estimate of drug-likeness (QED) is 0.181. The van der Waals surface area contributed by atoms with Crippen LogP contribution in [-0.4, -0.2) is 0 Å². The zero-order chi connectivity index (χ0) is 34.2. The molecule has 0 unspecified atom stereocenters. The van der Waals surface area contributed by atoms with E-state index in [1.165, 1.54) is 25.7 Å². The molecule has 0 spiro atoms. The smallest absolute Gasteiger partial charge is 0.144 e. The van der Waals surface area contributed by atoms with E-state index in [2.05, 4.69) is 169 Å². The van der Waals surface area contributed by atoms with Crippen LogP contribution in [0.4, 0.5) is 17.1 Å². The van der Waals surface area contributed by atoms with Gasteiger partial charge in [-0.15, -0.1) is 11.3 Å². The van der Waals surface area contributed by atoms with Gasteiger partial charge in [0.2, 0.25) is 0 Å². The molecule has 0 atom stereocenters. The van der Waals surface area contributed by atoms with Crippen LogP contribution < -0.4 is 4.90 Å². The van der Waals surface area contributed by atoms with Gasteiger partial charge in [-0.05, 0) is 65.2 Å². The molecule has 8 aromatic carbocycles. The molecule has 11 aromatic rings. The van der Waals surface area contributed by atoms with Gasteiger partial charge in [-0.2, -0.15) is 0 Å². The summed E-state index contributed by atoms with van der Waals surface area (Å²) >= 11 is 1.84. The number of furan rings is 2. The van der Waals surface area contributed by atoms with E-state index in [1.54, 1.807) is 0 Å². The normalized spacial score (nSPS) is 11.8. The van der Waals surface area contributed by atoms with Crippen molar-refractivity contribution in [2.45, 2.75) is 0 Å². The lowest BCUT2D eigenvalue weighted by Crippen LogP contribution is -2.10. The number of hydrogen-bond donors (Lipinski definition) is 0. The van der Waals surface area contributed by atoms with Gasteiger partial charge in [-0.25, -0.2) is 0 Å². The van der Waals surface area contributed by atoms with Crippen molar-refractivity contribution < 1.29 is 8.83 Å². The second kappa shape index (κ2) is 11.5. The third-order valence-electron chi connectivity index (χ3n) is 10.2. The van der Waals surface area contributed by atoms with Crippen molar-refractivity contribution in [1.29, 1.82) is 0 Å². The Morgan fingerprint density at radius 2 is 1.06 bits per heavy atom. The van der Waals surface area contributed by atoms with Gasteiger partial charge in [-0.3, -0.25) is 0 Å². The topological polar surface area (TPSA) is 29.5 Å². The van der Waals surface area contributed by atoms with Crippen LogP contribution in [0, 0.1) is 0 Å². The summed E-state index contributed by atoms with van der Waals surface area (Å²) in [4.78, 5) is 2.42. The van der Waals surface area contributed by atoms with Gasteiger partial charge in [0, 0.05) is 42.9 Å². The summed E-state index contributed by atoms with van der Waals surface area (Å²) in [5.41, 5.74) is 11.1. The number of nitrogens with zero attached hydrogens (tertiary/aromatic N) is 1. The zero-order valence-corrected chi connectivity index (χ0v) is 28.7. The second-order valence-corrected chi connectivity index (χ2v) is 14.3. The highest BCUT2D eigenvalue weighted by molar-refractivity contribution is 7.26. The average molecular weight is 684 g/mol. The zero-order valence-electron chi connectivity index (χ0n) is 27.9. The number of fused-ring (bicyclic) bond motifs is 9. The van der Waals surface area contributed by atoms with Crippen LogP contribution in [-0.2, 0) is 0 Å². The van der Waals surface area contributed by atoms with Gasteiger partial charge in [0.25, 0.3) is 0 Å². The molecule has 3 aromatic heterocycles. The summed E-state index contributed by atoms with van der Waals surface area (Å²) in [6, 6.07) is 62.3. The van der Waals surface area contributed by atoms with E-state index in [9.17, 15) is 0 Å². The molecule has 0 aliphatic heterocycles. The van der Waals surface area contributed by atoms with Gasteiger partial charge in [-0.1, -0.05) is 127 Å². The van der Waals surface area contributed by atoms with E-state index in [4.69, 9.17) is 8.83 Å². The lowest BCUT2D eigenvalue weighted by Gasteiger charge is -2.27. The average Bonchev–Trinajstić information content (AvgIpc) is 3.90. The number of rotatable bonds is 5. The fourth-order valence-electron chi connectivity index (χ4n) is 7.98. The minimum atomic E-state index is 0.828. The van der Waals surface area contributed by atoms with E-state index in [0.717, 1.165) is 77.6 Å². The molecule has 0 N–H and O–H groups in total. The van der Waals surface area contributed by atoms with E-state index in [1.807, 2.05) is 23.5 Å². The minimum Gasteiger partial charge on any atom is -0.456 e. The molecule has 0 saturated heterocycles. The maximum Gasteiger partial charge on any atom is 0.144 e. The highest BCUT2D eigenvalue weighted by Crippen LogP contribution is 2.51. The van der Waals surface area contributed by atoms with Crippen LogP contribution >= 0.6 is 11.3 Å². The standard InChI is InChI=1S/C48H29NO2S/c1-3-14-30(15-4-1)32-18-11-19-33(28-32)49(39-24-12-22-35-34-20-8-10-27-43(34)52-48(35)39)38-23-13-26-41-45(38)37-29-42-46(36-21-7-9-25-40(36)50-42)44(47(37)51-41)31-16-5-2-6-17-31/h1-29H. The van der Waals surface area contributed by atoms with Gasteiger partial charge < -0.3 is 13.7 Å². The second-order valence-electron chi connectivity index (χ2n) is 13.2. The number of para-hydroxylation sites is 1. The summed E-state index contributed by atoms with van der Waals surface area (Å²) in [5.74, 6) is 0. The van der Waals surface area contributed by atoms with Crippen molar-refractivity contribution in [2.24, 2.45) is 0 Å². The van der Waals surface area contributed by atoms with Crippen LogP contribution in [0.1, 0.15) is 0 Å². The fourth-order valence-corrected chi connectivity index (χ4v) is 9.19. The molecule has 52 heavy (non-hydrogen) atoms. The summed E-state index contributed by atoms with van der Waals surface area (Å²) < 4.78 is 16.1. The molecule has 0 bridgehead atoms. The first-order valence-electron chi connectivity index (χ1n) is 17.5. The predicted molar refractivity (Wildman–Crippen MR) is 219 cm³/mol. The lowest BCUT2D eigenvalue weighted by molar-refractivity contribution is 0.664. The fraction of sp³-hybridized carbons (Fsp3) is 0. The summed E-state index contributed by atoms with van der Waals surface area (Å²) in [7, 11) is 0. The highest BCUT2D eigenvalue weighted by atomic mass is 32.1. The van der Waals surface area contributed by atoms with Crippen molar-refractivity contribution in [3.05, 3.63) is 176 Å². The third kappa shape index (κ3) is 4.38. The Hall–Kier alpha value is -6.62. The van der Waals surface area contributed by atoms with Crippen LogP contribution in [0.25, 0.3) is 86.3 Å². The van der Waals surface area contributed by atoms with E-state index in [0.29, 0.717) is 0 Å². The number of hydrogen-bond acceptors (Lipinski definition) is 4. The third-order valence-corrected chi connectivity index (χ3v) is 11.5. The first-order chi connectivity index (χ1) is 25.8. The molecule has 0 saturated carbocycles. The number of benzene rings is 8. The maximum atomic E-state index is 6.99. The summed E-state index contributed by atoms with van der Waals surface area (Å²) in [6.07, 6.45) is 0. The Balaban J connectivity index is 1.26. The molecule has 0 amide bonds. The van der Waals surface area contributed by atoms with Gasteiger partial charge in [0.05, 0.1) is 21.5 Å². The largest absolute Gasteiger partial charge is 0.456 e. The van der Waals surface area contributed by atoms with Crippen LogP contribution in [0.2, 0.25) is 0 Å².